The molecule has 4 rings (SSSR count). The summed E-state index contributed by atoms with van der Waals surface area (Å²) in [7, 11) is 0. The van der Waals surface area contributed by atoms with Crippen LogP contribution in [0.1, 0.15) is 10.4 Å². The summed E-state index contributed by atoms with van der Waals surface area (Å²) in [5.41, 5.74) is 3.66. The van der Waals surface area contributed by atoms with Crippen molar-refractivity contribution in [2.45, 2.75) is 0 Å². The summed E-state index contributed by atoms with van der Waals surface area (Å²) in [6.07, 6.45) is 0. The molecule has 0 spiro atoms. The molecular formula is C15H9N3O2. The van der Waals surface area contributed by atoms with E-state index in [1.54, 1.807) is 12.1 Å². The number of fused-ring (bicyclic) bond motifs is 4. The van der Waals surface area contributed by atoms with Crippen molar-refractivity contribution in [1.82, 2.24) is 15.0 Å². The molecule has 2 heterocycles. The van der Waals surface area contributed by atoms with Crippen molar-refractivity contribution in [1.29, 1.82) is 0 Å². The molecule has 0 saturated heterocycles. The molecule has 96 valence electrons. The van der Waals surface area contributed by atoms with E-state index in [1.807, 2.05) is 30.3 Å². The first-order valence-corrected chi connectivity index (χ1v) is 6.14. The first kappa shape index (κ1) is 10.9. The lowest BCUT2D eigenvalue weighted by Gasteiger charge is -1.96. The van der Waals surface area contributed by atoms with Gasteiger partial charge in [-0.25, -0.2) is 14.8 Å². The molecule has 20 heavy (non-hydrogen) atoms. The maximum Gasteiger partial charge on any atom is 0.337 e. The Bertz CT molecular complexity index is 988. The van der Waals surface area contributed by atoms with Gasteiger partial charge in [0.25, 0.3) is 0 Å². The second kappa shape index (κ2) is 3.77. The van der Waals surface area contributed by atoms with Crippen LogP contribution in [0.3, 0.4) is 0 Å². The molecule has 0 saturated carbocycles. The third-order valence-corrected chi connectivity index (χ3v) is 3.36. The summed E-state index contributed by atoms with van der Waals surface area (Å²) < 4.78 is 0. The molecule has 0 bridgehead atoms. The Kier molecular flexibility index (Phi) is 2.06. The number of benzene rings is 2. The number of aromatic carboxylic acids is 1. The molecule has 0 amide bonds. The number of aromatic amines is 1. The largest absolute Gasteiger partial charge is 0.478 e. The number of nitrogens with one attached hydrogen (secondary N) is 1. The zero-order chi connectivity index (χ0) is 13.7. The average Bonchev–Trinajstić information content (AvgIpc) is 2.82. The van der Waals surface area contributed by atoms with E-state index in [4.69, 9.17) is 0 Å². The summed E-state index contributed by atoms with van der Waals surface area (Å²) in [5, 5.41) is 10.0. The van der Waals surface area contributed by atoms with Crippen molar-refractivity contribution in [3.05, 3.63) is 48.0 Å². The Balaban J connectivity index is 2.21. The zero-order valence-electron chi connectivity index (χ0n) is 10.3. The number of H-pyrrole nitrogens is 1. The second-order valence-electron chi connectivity index (χ2n) is 4.57. The van der Waals surface area contributed by atoms with Crippen LogP contribution >= 0.6 is 0 Å². The third-order valence-electron chi connectivity index (χ3n) is 3.36. The number of aromatic nitrogens is 3. The minimum atomic E-state index is -0.966. The van der Waals surface area contributed by atoms with Gasteiger partial charge in [-0.05, 0) is 18.2 Å². The van der Waals surface area contributed by atoms with Crippen molar-refractivity contribution in [2.75, 3.05) is 0 Å². The molecule has 2 aromatic carbocycles. The van der Waals surface area contributed by atoms with E-state index in [0.29, 0.717) is 16.7 Å². The standard InChI is InChI=1S/C15H9N3O2/c19-15(20)9-5-3-4-8-12(9)18-14-13(8)16-10-6-1-2-7-11(10)17-14/h1-7H,(H,17,18)(H,19,20). The minimum absolute atomic E-state index is 0.228. The highest BCUT2D eigenvalue weighted by molar-refractivity contribution is 6.12. The molecular weight excluding hydrogens is 254 g/mol. The van der Waals surface area contributed by atoms with E-state index in [1.165, 1.54) is 0 Å². The Morgan fingerprint density at radius 1 is 1.00 bits per heavy atom. The van der Waals surface area contributed by atoms with Gasteiger partial charge >= 0.3 is 5.97 Å². The van der Waals surface area contributed by atoms with Crippen LogP contribution in [0.4, 0.5) is 0 Å². The smallest absolute Gasteiger partial charge is 0.337 e. The topological polar surface area (TPSA) is 78.9 Å². The maximum atomic E-state index is 11.3. The molecule has 0 aliphatic heterocycles. The maximum absolute atomic E-state index is 11.3. The van der Waals surface area contributed by atoms with E-state index in [-0.39, 0.29) is 5.56 Å². The normalized spacial score (nSPS) is 11.4. The SMILES string of the molecule is O=C(O)c1cccc2c1[nH]c1nc3ccccc3nc12. The van der Waals surface area contributed by atoms with E-state index in [9.17, 15) is 9.90 Å². The summed E-state index contributed by atoms with van der Waals surface area (Å²) in [5.74, 6) is -0.966. The molecule has 4 aromatic rings. The van der Waals surface area contributed by atoms with Gasteiger partial charge in [0, 0.05) is 5.39 Å². The van der Waals surface area contributed by atoms with Crippen molar-refractivity contribution in [2.24, 2.45) is 0 Å². The van der Waals surface area contributed by atoms with Gasteiger partial charge in [0.1, 0.15) is 5.52 Å². The van der Waals surface area contributed by atoms with Crippen molar-refractivity contribution in [3.8, 4) is 0 Å². The monoisotopic (exact) mass is 263 g/mol. The number of carboxylic acid groups (broad SMARTS) is 1. The number of hydrogen-bond donors (Lipinski definition) is 2. The predicted molar refractivity (Wildman–Crippen MR) is 75.9 cm³/mol. The first-order valence-electron chi connectivity index (χ1n) is 6.14. The quantitative estimate of drug-likeness (QED) is 0.553. The van der Waals surface area contributed by atoms with E-state index >= 15 is 0 Å². The molecule has 0 unspecified atom stereocenters. The molecule has 0 aliphatic carbocycles. The zero-order valence-corrected chi connectivity index (χ0v) is 10.3. The van der Waals surface area contributed by atoms with Crippen molar-refractivity contribution >= 4 is 39.1 Å². The highest BCUT2D eigenvalue weighted by atomic mass is 16.4. The predicted octanol–water partition coefficient (Wildman–Crippen LogP) is 2.96. The van der Waals surface area contributed by atoms with Gasteiger partial charge < -0.3 is 10.1 Å². The molecule has 5 nitrogen and oxygen atoms in total. The highest BCUT2D eigenvalue weighted by Crippen LogP contribution is 2.26. The molecule has 0 atom stereocenters. The van der Waals surface area contributed by atoms with Gasteiger partial charge in [-0.2, -0.15) is 0 Å². The molecule has 2 aromatic heterocycles. The average molecular weight is 263 g/mol. The van der Waals surface area contributed by atoms with Crippen molar-refractivity contribution in [3.63, 3.8) is 0 Å². The Morgan fingerprint density at radius 2 is 1.75 bits per heavy atom. The fraction of sp³-hybridized carbons (Fsp3) is 0. The van der Waals surface area contributed by atoms with Crippen LogP contribution in [0.25, 0.3) is 33.1 Å². The lowest BCUT2D eigenvalue weighted by Crippen LogP contribution is -1.96. The lowest BCUT2D eigenvalue weighted by atomic mass is 10.1. The number of hydrogen-bond acceptors (Lipinski definition) is 3. The third kappa shape index (κ3) is 1.40. The van der Waals surface area contributed by atoms with Gasteiger partial charge in [0.15, 0.2) is 5.65 Å². The lowest BCUT2D eigenvalue weighted by molar-refractivity contribution is 0.0699. The highest BCUT2D eigenvalue weighted by Gasteiger charge is 2.14. The van der Waals surface area contributed by atoms with E-state index < -0.39 is 5.97 Å². The van der Waals surface area contributed by atoms with Gasteiger partial charge in [-0.15, -0.1) is 0 Å². The number of carboxylic acids is 1. The van der Waals surface area contributed by atoms with Crippen molar-refractivity contribution < 1.29 is 9.90 Å². The Labute approximate surface area is 112 Å². The molecule has 5 heteroatoms. The van der Waals surface area contributed by atoms with Crippen LogP contribution in [0.5, 0.6) is 0 Å². The molecule has 0 radical (unpaired) electrons. The van der Waals surface area contributed by atoms with Crippen LogP contribution in [0.2, 0.25) is 0 Å². The number of nitrogens with zero attached hydrogens (tertiary/aromatic N) is 2. The number of rotatable bonds is 1. The van der Waals surface area contributed by atoms with Gasteiger partial charge in [-0.1, -0.05) is 24.3 Å². The second-order valence-corrected chi connectivity index (χ2v) is 4.57. The number of para-hydroxylation sites is 3. The van der Waals surface area contributed by atoms with E-state index in [0.717, 1.165) is 16.4 Å². The van der Waals surface area contributed by atoms with Gasteiger partial charge in [0.2, 0.25) is 0 Å². The Hall–Kier alpha value is -2.95. The van der Waals surface area contributed by atoms with Gasteiger partial charge in [-0.3, -0.25) is 0 Å². The fourth-order valence-electron chi connectivity index (χ4n) is 2.46. The molecule has 0 fully saturated rings. The summed E-state index contributed by atoms with van der Waals surface area (Å²) in [6, 6.07) is 12.7. The van der Waals surface area contributed by atoms with Crippen LogP contribution < -0.4 is 0 Å². The minimum Gasteiger partial charge on any atom is -0.478 e. The molecule has 0 aliphatic rings. The van der Waals surface area contributed by atoms with Crippen LogP contribution in [-0.2, 0) is 0 Å². The van der Waals surface area contributed by atoms with Crippen LogP contribution in [0, 0.1) is 0 Å². The Morgan fingerprint density at radius 3 is 2.50 bits per heavy atom. The number of carbonyl (C=O) groups is 1. The summed E-state index contributed by atoms with van der Waals surface area (Å²) in [4.78, 5) is 23.4. The van der Waals surface area contributed by atoms with Gasteiger partial charge in [0.05, 0.1) is 22.1 Å². The van der Waals surface area contributed by atoms with E-state index in [2.05, 4.69) is 15.0 Å². The first-order chi connectivity index (χ1) is 9.74. The van der Waals surface area contributed by atoms with Crippen LogP contribution in [0.15, 0.2) is 42.5 Å². The van der Waals surface area contributed by atoms with Crippen LogP contribution in [-0.4, -0.2) is 26.0 Å². The molecule has 2 N–H and O–H groups in total. The fourth-order valence-corrected chi connectivity index (χ4v) is 2.46. The summed E-state index contributed by atoms with van der Waals surface area (Å²) >= 11 is 0. The summed E-state index contributed by atoms with van der Waals surface area (Å²) in [6.45, 7) is 0.